The fraction of sp³-hybridized carbons (Fsp3) is 0.615. The summed E-state index contributed by atoms with van der Waals surface area (Å²) >= 11 is 3.60. The molecular formula is C13H19BrN2O. The summed E-state index contributed by atoms with van der Waals surface area (Å²) in [6.07, 6.45) is 6.34. The second-order valence-electron chi connectivity index (χ2n) is 4.49. The minimum absolute atomic E-state index is 0.292. The van der Waals surface area contributed by atoms with Crippen molar-refractivity contribution in [1.82, 2.24) is 4.98 Å². The normalized spacial score (nSPS) is 14.2. The Labute approximate surface area is 111 Å². The van der Waals surface area contributed by atoms with Crippen LogP contribution in [0.4, 0.5) is 5.82 Å². The van der Waals surface area contributed by atoms with Crippen LogP contribution in [0, 0.1) is 0 Å². The Morgan fingerprint density at radius 3 is 3.06 bits per heavy atom. The molecule has 0 unspecified atom stereocenters. The molecule has 0 spiro atoms. The first-order valence-corrected chi connectivity index (χ1v) is 7.13. The Kier molecular flexibility index (Phi) is 4.80. The number of unbranched alkanes of at least 4 members (excludes halogenated alkanes) is 2. The first-order chi connectivity index (χ1) is 8.31. The van der Waals surface area contributed by atoms with Crippen molar-refractivity contribution in [1.29, 1.82) is 0 Å². The molecule has 1 aliphatic rings. The lowest BCUT2D eigenvalue weighted by atomic mass is 10.1. The summed E-state index contributed by atoms with van der Waals surface area (Å²) in [5, 5.41) is 12.1. The maximum Gasteiger partial charge on any atom is 0.129 e. The number of anilines is 1. The number of nitrogens with one attached hydrogen (secondary N) is 1. The lowest BCUT2D eigenvalue weighted by Crippen LogP contribution is -2.14. The maximum absolute atomic E-state index is 8.74. The monoisotopic (exact) mass is 298 g/mol. The number of halogens is 1. The maximum atomic E-state index is 8.74. The van der Waals surface area contributed by atoms with Gasteiger partial charge < -0.3 is 10.4 Å². The molecule has 17 heavy (non-hydrogen) atoms. The molecule has 2 heterocycles. The lowest BCUT2D eigenvalue weighted by molar-refractivity contribution is 0.283. The molecule has 2 rings (SSSR count). The summed E-state index contributed by atoms with van der Waals surface area (Å²) in [6.45, 7) is 1.33. The molecule has 94 valence electrons. The number of hydrogen-bond acceptors (Lipinski definition) is 3. The molecule has 0 aliphatic carbocycles. The van der Waals surface area contributed by atoms with Crippen molar-refractivity contribution in [2.75, 3.05) is 18.5 Å². The topological polar surface area (TPSA) is 45.2 Å². The fourth-order valence-electron chi connectivity index (χ4n) is 2.15. The van der Waals surface area contributed by atoms with Gasteiger partial charge in [-0.15, -0.1) is 0 Å². The van der Waals surface area contributed by atoms with Gasteiger partial charge in [0.05, 0.1) is 5.69 Å². The van der Waals surface area contributed by atoms with Crippen LogP contribution < -0.4 is 5.32 Å². The molecule has 0 atom stereocenters. The molecule has 0 amide bonds. The highest BCUT2D eigenvalue weighted by Crippen LogP contribution is 2.26. The Hall–Kier alpha value is -0.610. The molecule has 0 radical (unpaired) electrons. The van der Waals surface area contributed by atoms with E-state index in [0.717, 1.165) is 54.6 Å². The van der Waals surface area contributed by atoms with Gasteiger partial charge in [0.1, 0.15) is 5.82 Å². The summed E-state index contributed by atoms with van der Waals surface area (Å²) in [4.78, 5) is 4.69. The molecule has 0 saturated carbocycles. The molecule has 0 saturated heterocycles. The van der Waals surface area contributed by atoms with Gasteiger partial charge in [0, 0.05) is 17.6 Å². The van der Waals surface area contributed by atoms with E-state index in [1.165, 1.54) is 12.0 Å². The van der Waals surface area contributed by atoms with Gasteiger partial charge in [-0.25, -0.2) is 4.98 Å². The van der Waals surface area contributed by atoms with Gasteiger partial charge in [0.2, 0.25) is 0 Å². The SMILES string of the molecule is OCCCCCc1nc2c(cc1Br)CCCN2. The second kappa shape index (κ2) is 6.36. The quantitative estimate of drug-likeness (QED) is 0.822. The van der Waals surface area contributed by atoms with E-state index in [4.69, 9.17) is 5.11 Å². The highest BCUT2D eigenvalue weighted by molar-refractivity contribution is 9.10. The number of aliphatic hydroxyl groups is 1. The standard InChI is InChI=1S/C13H19BrN2O/c14-11-9-10-5-4-7-15-13(10)16-12(11)6-2-1-3-8-17/h9,17H,1-8H2,(H,15,16). The number of aliphatic hydroxyl groups excluding tert-OH is 1. The first-order valence-electron chi connectivity index (χ1n) is 6.34. The molecule has 1 aromatic heterocycles. The van der Waals surface area contributed by atoms with Crippen LogP contribution in [0.25, 0.3) is 0 Å². The Morgan fingerprint density at radius 1 is 1.35 bits per heavy atom. The van der Waals surface area contributed by atoms with Crippen molar-refractivity contribution in [3.05, 3.63) is 21.8 Å². The molecule has 2 N–H and O–H groups in total. The van der Waals surface area contributed by atoms with Crippen LogP contribution in [0.15, 0.2) is 10.5 Å². The lowest BCUT2D eigenvalue weighted by Gasteiger charge is -2.18. The second-order valence-corrected chi connectivity index (χ2v) is 5.34. The molecule has 0 aromatic carbocycles. The van der Waals surface area contributed by atoms with E-state index in [-0.39, 0.29) is 0 Å². The molecule has 1 aliphatic heterocycles. The summed E-state index contributed by atoms with van der Waals surface area (Å²) in [7, 11) is 0. The van der Waals surface area contributed by atoms with Crippen molar-refractivity contribution in [3.8, 4) is 0 Å². The molecular weight excluding hydrogens is 280 g/mol. The minimum Gasteiger partial charge on any atom is -0.396 e. The molecule has 0 bridgehead atoms. The Balaban J connectivity index is 2.01. The number of pyridine rings is 1. The van der Waals surface area contributed by atoms with Crippen molar-refractivity contribution < 1.29 is 5.11 Å². The fourth-order valence-corrected chi connectivity index (χ4v) is 2.71. The van der Waals surface area contributed by atoms with Crippen LogP contribution >= 0.6 is 15.9 Å². The average molecular weight is 299 g/mol. The van der Waals surface area contributed by atoms with Gasteiger partial charge in [-0.05, 0) is 59.7 Å². The van der Waals surface area contributed by atoms with Crippen molar-refractivity contribution in [3.63, 3.8) is 0 Å². The van der Waals surface area contributed by atoms with E-state index >= 15 is 0 Å². The molecule has 0 fully saturated rings. The number of hydrogen-bond donors (Lipinski definition) is 2. The van der Waals surface area contributed by atoms with Crippen LogP contribution in [0.3, 0.4) is 0 Å². The summed E-state index contributed by atoms with van der Waals surface area (Å²) in [5.41, 5.74) is 2.46. The van der Waals surface area contributed by atoms with Gasteiger partial charge in [-0.2, -0.15) is 0 Å². The zero-order chi connectivity index (χ0) is 12.1. The number of rotatable bonds is 5. The van der Waals surface area contributed by atoms with E-state index < -0.39 is 0 Å². The van der Waals surface area contributed by atoms with Crippen LogP contribution in [-0.4, -0.2) is 23.2 Å². The van der Waals surface area contributed by atoms with Gasteiger partial charge in [-0.1, -0.05) is 6.42 Å². The van der Waals surface area contributed by atoms with Crippen LogP contribution in [0.5, 0.6) is 0 Å². The van der Waals surface area contributed by atoms with E-state index in [0.29, 0.717) is 6.61 Å². The average Bonchev–Trinajstić information content (AvgIpc) is 2.35. The third-order valence-corrected chi connectivity index (χ3v) is 3.80. The summed E-state index contributed by atoms with van der Waals surface area (Å²) in [5.74, 6) is 1.07. The van der Waals surface area contributed by atoms with E-state index in [9.17, 15) is 0 Å². The smallest absolute Gasteiger partial charge is 0.129 e. The number of aryl methyl sites for hydroxylation is 2. The zero-order valence-corrected chi connectivity index (χ0v) is 11.6. The minimum atomic E-state index is 0.292. The van der Waals surface area contributed by atoms with Crippen LogP contribution in [0.2, 0.25) is 0 Å². The van der Waals surface area contributed by atoms with E-state index in [1.807, 2.05) is 0 Å². The van der Waals surface area contributed by atoms with E-state index in [2.05, 4.69) is 32.3 Å². The van der Waals surface area contributed by atoms with Crippen molar-refractivity contribution in [2.24, 2.45) is 0 Å². The van der Waals surface area contributed by atoms with Gasteiger partial charge >= 0.3 is 0 Å². The predicted octanol–water partition coefficient (Wildman–Crippen LogP) is 2.91. The van der Waals surface area contributed by atoms with Crippen LogP contribution in [0.1, 0.15) is 36.9 Å². The molecule has 3 nitrogen and oxygen atoms in total. The number of fused-ring (bicyclic) bond motifs is 1. The van der Waals surface area contributed by atoms with E-state index in [1.54, 1.807) is 0 Å². The van der Waals surface area contributed by atoms with Crippen molar-refractivity contribution in [2.45, 2.75) is 38.5 Å². The predicted molar refractivity (Wildman–Crippen MR) is 73.4 cm³/mol. The molecule has 1 aromatic rings. The summed E-state index contributed by atoms with van der Waals surface area (Å²) < 4.78 is 1.13. The van der Waals surface area contributed by atoms with Gasteiger partial charge in [0.25, 0.3) is 0 Å². The van der Waals surface area contributed by atoms with Gasteiger partial charge in [0.15, 0.2) is 0 Å². The largest absolute Gasteiger partial charge is 0.396 e. The number of nitrogens with zero attached hydrogens (tertiary/aromatic N) is 1. The Bertz CT molecular complexity index is 382. The summed E-state index contributed by atoms with van der Waals surface area (Å²) in [6, 6.07) is 2.20. The highest BCUT2D eigenvalue weighted by Gasteiger charge is 2.13. The van der Waals surface area contributed by atoms with Crippen LogP contribution in [-0.2, 0) is 12.8 Å². The van der Waals surface area contributed by atoms with Crippen molar-refractivity contribution >= 4 is 21.7 Å². The molecule has 4 heteroatoms. The third kappa shape index (κ3) is 3.42. The first kappa shape index (κ1) is 12.8. The van der Waals surface area contributed by atoms with Gasteiger partial charge in [-0.3, -0.25) is 0 Å². The third-order valence-electron chi connectivity index (χ3n) is 3.11. The highest BCUT2D eigenvalue weighted by atomic mass is 79.9. The zero-order valence-electron chi connectivity index (χ0n) is 10.0. The number of aromatic nitrogens is 1. The Morgan fingerprint density at radius 2 is 2.24 bits per heavy atom.